The molecule has 1 amide bonds. The molecule has 0 aromatic heterocycles. The van der Waals surface area contributed by atoms with E-state index in [9.17, 15) is 9.59 Å². The van der Waals surface area contributed by atoms with E-state index in [2.05, 4.69) is 12.2 Å². The van der Waals surface area contributed by atoms with E-state index in [4.69, 9.17) is 9.84 Å². The Morgan fingerprint density at radius 3 is 2.11 bits per heavy atom. The molecule has 5 heteroatoms. The van der Waals surface area contributed by atoms with E-state index in [1.165, 1.54) is 12.8 Å². The van der Waals surface area contributed by atoms with Crippen molar-refractivity contribution >= 4 is 11.9 Å². The van der Waals surface area contributed by atoms with Gasteiger partial charge in [-0.05, 0) is 67.0 Å². The topological polar surface area (TPSA) is 75.6 Å². The second-order valence-electron chi connectivity index (χ2n) is 7.50. The fourth-order valence-corrected chi connectivity index (χ4v) is 3.46. The smallest absolute Gasteiger partial charge is 0.305 e. The summed E-state index contributed by atoms with van der Waals surface area (Å²) in [5.41, 5.74) is 2.59. The van der Waals surface area contributed by atoms with E-state index in [1.54, 1.807) is 12.1 Å². The lowest BCUT2D eigenvalue weighted by molar-refractivity contribution is -0.136. The number of carboxylic acids is 1. The third-order valence-electron chi connectivity index (χ3n) is 5.22. The molecule has 0 heterocycles. The van der Waals surface area contributed by atoms with Gasteiger partial charge in [0.1, 0.15) is 5.75 Å². The van der Waals surface area contributed by atoms with Crippen LogP contribution in [0.1, 0.15) is 49.4 Å². The number of rotatable bonds is 7. The Labute approximate surface area is 165 Å². The van der Waals surface area contributed by atoms with Crippen LogP contribution in [0.2, 0.25) is 0 Å². The number of carbonyl (C=O) groups excluding carboxylic acids is 1. The van der Waals surface area contributed by atoms with Crippen molar-refractivity contribution in [3.8, 4) is 16.9 Å². The standard InChI is InChI=1S/C23H27NO4/c1-16-2-10-20(11-3-16)28-21-12-8-18(9-13-21)17-4-6-19(7-5-17)23(27)24-15-14-22(25)26/h4-9,12-13,16,20H,2-3,10-11,14-15H2,1H3,(H,24,27)(H,25,26). The highest BCUT2D eigenvalue weighted by molar-refractivity contribution is 5.94. The molecule has 1 saturated carbocycles. The Morgan fingerprint density at radius 1 is 0.964 bits per heavy atom. The van der Waals surface area contributed by atoms with Crippen molar-refractivity contribution in [2.45, 2.75) is 45.1 Å². The molecule has 0 saturated heterocycles. The SMILES string of the molecule is CC1CCC(Oc2ccc(-c3ccc(C(=O)NCCC(=O)O)cc3)cc2)CC1. The summed E-state index contributed by atoms with van der Waals surface area (Å²) in [5.74, 6) is 0.515. The fourth-order valence-electron chi connectivity index (χ4n) is 3.46. The molecule has 1 fully saturated rings. The average molecular weight is 381 g/mol. The third kappa shape index (κ3) is 5.59. The number of ether oxygens (including phenoxy) is 1. The van der Waals surface area contributed by atoms with E-state index in [-0.39, 0.29) is 18.9 Å². The lowest BCUT2D eigenvalue weighted by atomic mass is 9.89. The van der Waals surface area contributed by atoms with Gasteiger partial charge in [0.2, 0.25) is 0 Å². The number of hydrogen-bond acceptors (Lipinski definition) is 3. The molecule has 2 N–H and O–H groups in total. The Bertz CT molecular complexity index is 790. The zero-order valence-electron chi connectivity index (χ0n) is 16.2. The Morgan fingerprint density at radius 2 is 1.54 bits per heavy atom. The monoisotopic (exact) mass is 381 g/mol. The number of benzene rings is 2. The highest BCUT2D eigenvalue weighted by Crippen LogP contribution is 2.28. The van der Waals surface area contributed by atoms with Crippen molar-refractivity contribution in [3.63, 3.8) is 0 Å². The Hall–Kier alpha value is -2.82. The molecule has 1 aliphatic carbocycles. The van der Waals surface area contributed by atoms with Crippen LogP contribution in [0.3, 0.4) is 0 Å². The highest BCUT2D eigenvalue weighted by atomic mass is 16.5. The van der Waals surface area contributed by atoms with Gasteiger partial charge in [0.25, 0.3) is 5.91 Å². The quantitative estimate of drug-likeness (QED) is 0.740. The number of hydrogen-bond donors (Lipinski definition) is 2. The van der Waals surface area contributed by atoms with Crippen LogP contribution in [0, 0.1) is 5.92 Å². The maximum Gasteiger partial charge on any atom is 0.305 e. The molecule has 3 rings (SSSR count). The molecule has 0 radical (unpaired) electrons. The summed E-state index contributed by atoms with van der Waals surface area (Å²) < 4.78 is 6.10. The van der Waals surface area contributed by atoms with Gasteiger partial charge in [-0.25, -0.2) is 0 Å². The van der Waals surface area contributed by atoms with E-state index in [0.29, 0.717) is 11.7 Å². The zero-order chi connectivity index (χ0) is 19.9. The van der Waals surface area contributed by atoms with Gasteiger partial charge in [0.05, 0.1) is 12.5 Å². The van der Waals surface area contributed by atoms with Crippen molar-refractivity contribution in [1.29, 1.82) is 0 Å². The van der Waals surface area contributed by atoms with E-state index in [1.807, 2.05) is 36.4 Å². The summed E-state index contributed by atoms with van der Waals surface area (Å²) in [5, 5.41) is 11.2. The van der Waals surface area contributed by atoms with E-state index in [0.717, 1.165) is 35.6 Å². The van der Waals surface area contributed by atoms with Gasteiger partial charge in [-0.1, -0.05) is 31.2 Å². The summed E-state index contributed by atoms with van der Waals surface area (Å²) in [6.45, 7) is 2.42. The van der Waals surface area contributed by atoms with Crippen molar-refractivity contribution in [2.24, 2.45) is 5.92 Å². The molecule has 5 nitrogen and oxygen atoms in total. The molecule has 0 aliphatic heterocycles. The van der Waals surface area contributed by atoms with Crippen molar-refractivity contribution in [3.05, 3.63) is 54.1 Å². The van der Waals surface area contributed by atoms with Gasteiger partial charge in [-0.3, -0.25) is 9.59 Å². The predicted octanol–water partition coefficient (Wildman–Crippen LogP) is 4.52. The van der Waals surface area contributed by atoms with Crippen LogP contribution in [-0.4, -0.2) is 29.6 Å². The van der Waals surface area contributed by atoms with E-state index < -0.39 is 5.97 Å². The van der Waals surface area contributed by atoms with Gasteiger partial charge in [0.15, 0.2) is 0 Å². The summed E-state index contributed by atoms with van der Waals surface area (Å²) in [6, 6.07) is 15.3. The molecular formula is C23H27NO4. The van der Waals surface area contributed by atoms with Crippen LogP contribution in [0.5, 0.6) is 5.75 Å². The lowest BCUT2D eigenvalue weighted by Gasteiger charge is -2.26. The first-order valence-electron chi connectivity index (χ1n) is 9.88. The summed E-state index contributed by atoms with van der Waals surface area (Å²) in [7, 11) is 0. The van der Waals surface area contributed by atoms with Crippen molar-refractivity contribution in [1.82, 2.24) is 5.32 Å². The molecule has 0 unspecified atom stereocenters. The molecule has 1 aliphatic rings. The molecule has 148 valence electrons. The minimum Gasteiger partial charge on any atom is -0.490 e. The molecule has 2 aromatic rings. The number of amides is 1. The van der Waals surface area contributed by atoms with Gasteiger partial charge in [-0.2, -0.15) is 0 Å². The molecular weight excluding hydrogens is 354 g/mol. The molecule has 28 heavy (non-hydrogen) atoms. The number of nitrogens with one attached hydrogen (secondary N) is 1. The van der Waals surface area contributed by atoms with Gasteiger partial charge in [0, 0.05) is 12.1 Å². The Balaban J connectivity index is 1.56. The molecule has 2 aromatic carbocycles. The molecule has 0 spiro atoms. The van der Waals surface area contributed by atoms with Crippen LogP contribution in [-0.2, 0) is 4.79 Å². The normalized spacial score (nSPS) is 19.0. The minimum absolute atomic E-state index is 0.0852. The molecule has 0 bridgehead atoms. The lowest BCUT2D eigenvalue weighted by Crippen LogP contribution is -2.25. The van der Waals surface area contributed by atoms with Crippen molar-refractivity contribution < 1.29 is 19.4 Å². The van der Waals surface area contributed by atoms with Crippen molar-refractivity contribution in [2.75, 3.05) is 6.54 Å². The first-order chi connectivity index (χ1) is 13.5. The second-order valence-corrected chi connectivity index (χ2v) is 7.50. The fraction of sp³-hybridized carbons (Fsp3) is 0.391. The largest absolute Gasteiger partial charge is 0.490 e. The average Bonchev–Trinajstić information content (AvgIpc) is 2.70. The molecule has 0 atom stereocenters. The maximum absolute atomic E-state index is 12.0. The zero-order valence-corrected chi connectivity index (χ0v) is 16.2. The minimum atomic E-state index is -0.930. The van der Waals surface area contributed by atoms with Gasteiger partial charge >= 0.3 is 5.97 Å². The van der Waals surface area contributed by atoms with Crippen LogP contribution in [0.25, 0.3) is 11.1 Å². The number of carbonyl (C=O) groups is 2. The second kappa shape index (κ2) is 9.40. The Kier molecular flexibility index (Phi) is 6.69. The van der Waals surface area contributed by atoms with Crippen LogP contribution < -0.4 is 10.1 Å². The van der Waals surface area contributed by atoms with Gasteiger partial charge < -0.3 is 15.2 Å². The van der Waals surface area contributed by atoms with Crippen LogP contribution in [0.15, 0.2) is 48.5 Å². The third-order valence-corrected chi connectivity index (χ3v) is 5.22. The van der Waals surface area contributed by atoms with E-state index >= 15 is 0 Å². The summed E-state index contributed by atoms with van der Waals surface area (Å²) in [6.07, 6.45) is 4.95. The van der Waals surface area contributed by atoms with Gasteiger partial charge in [-0.15, -0.1) is 0 Å². The predicted molar refractivity (Wildman–Crippen MR) is 109 cm³/mol. The number of carboxylic acid groups (broad SMARTS) is 1. The summed E-state index contributed by atoms with van der Waals surface area (Å²) in [4.78, 5) is 22.5. The highest BCUT2D eigenvalue weighted by Gasteiger charge is 2.19. The maximum atomic E-state index is 12.0. The summed E-state index contributed by atoms with van der Waals surface area (Å²) >= 11 is 0. The first kappa shape index (κ1) is 19.9. The van der Waals surface area contributed by atoms with Crippen LogP contribution >= 0.6 is 0 Å². The number of aliphatic carboxylic acids is 1. The van der Waals surface area contributed by atoms with Crippen LogP contribution in [0.4, 0.5) is 0 Å². The first-order valence-corrected chi connectivity index (χ1v) is 9.88.